The van der Waals surface area contributed by atoms with Gasteiger partial charge in [-0.1, -0.05) is 6.42 Å². The summed E-state index contributed by atoms with van der Waals surface area (Å²) >= 11 is 0. The summed E-state index contributed by atoms with van der Waals surface area (Å²) in [6.45, 7) is 12.2. The van der Waals surface area contributed by atoms with Crippen LogP contribution >= 0.6 is 24.0 Å². The van der Waals surface area contributed by atoms with E-state index in [1.807, 2.05) is 20.8 Å². The van der Waals surface area contributed by atoms with Crippen molar-refractivity contribution in [1.82, 2.24) is 15.5 Å². The van der Waals surface area contributed by atoms with Crippen molar-refractivity contribution in [2.75, 3.05) is 39.3 Å². The average Bonchev–Trinajstić information content (AvgIpc) is 3.09. The second-order valence-corrected chi connectivity index (χ2v) is 9.29. The summed E-state index contributed by atoms with van der Waals surface area (Å²) in [5.41, 5.74) is -0.472. The van der Waals surface area contributed by atoms with Gasteiger partial charge in [0.25, 0.3) is 0 Å². The van der Waals surface area contributed by atoms with Crippen LogP contribution in [0.15, 0.2) is 4.99 Å². The van der Waals surface area contributed by atoms with Gasteiger partial charge in [-0.15, -0.1) is 24.0 Å². The van der Waals surface area contributed by atoms with E-state index in [9.17, 15) is 9.90 Å². The van der Waals surface area contributed by atoms with Crippen LogP contribution in [0, 0.1) is 5.92 Å². The molecule has 1 amide bonds. The normalized spacial score (nSPS) is 22.7. The summed E-state index contributed by atoms with van der Waals surface area (Å²) in [6.07, 6.45) is 5.47. The first kappa shape index (κ1) is 28.2. The molecule has 0 aromatic rings. The third-order valence-corrected chi connectivity index (χ3v) is 5.51. The molecule has 31 heavy (non-hydrogen) atoms. The summed E-state index contributed by atoms with van der Waals surface area (Å²) in [5, 5.41) is 16.2. The largest absolute Gasteiger partial charge is 0.444 e. The first-order valence-electron chi connectivity index (χ1n) is 11.6. The first-order chi connectivity index (χ1) is 14.3. The number of ether oxygens (including phenoxy) is 2. The summed E-state index contributed by atoms with van der Waals surface area (Å²) in [6, 6.07) is 0. The molecule has 0 bridgehead atoms. The molecule has 0 aromatic heterocycles. The zero-order chi connectivity index (χ0) is 22.0. The van der Waals surface area contributed by atoms with E-state index in [2.05, 4.69) is 22.5 Å². The fraction of sp³-hybridized carbons (Fsp3) is 0.909. The minimum Gasteiger partial charge on any atom is -0.444 e. The van der Waals surface area contributed by atoms with Gasteiger partial charge in [-0.3, -0.25) is 4.99 Å². The summed E-state index contributed by atoms with van der Waals surface area (Å²) < 4.78 is 11.2. The molecule has 1 saturated carbocycles. The lowest BCUT2D eigenvalue weighted by molar-refractivity contribution is 0.0170. The average molecular weight is 555 g/mol. The lowest BCUT2D eigenvalue weighted by atomic mass is 10.1. The van der Waals surface area contributed by atoms with E-state index in [1.54, 1.807) is 0 Å². The summed E-state index contributed by atoms with van der Waals surface area (Å²) in [4.78, 5) is 18.7. The van der Waals surface area contributed by atoms with Crippen molar-refractivity contribution in [1.29, 1.82) is 0 Å². The molecule has 2 unspecified atom stereocenters. The number of hydrogen-bond donors (Lipinski definition) is 3. The predicted octanol–water partition coefficient (Wildman–Crippen LogP) is 3.13. The van der Waals surface area contributed by atoms with Crippen molar-refractivity contribution >= 4 is 36.0 Å². The number of amides is 1. The van der Waals surface area contributed by atoms with Crippen molar-refractivity contribution in [2.45, 2.75) is 84.0 Å². The molecule has 1 aliphatic carbocycles. The standard InChI is InChI=1S/C22H42N4O4.HI/c1-5-23-20(25-16-17-8-6-9-19(17)27)26-13-10-18(11-14-26)29-15-7-12-24-21(28)30-22(2,3)4;/h17-19,27H,5-16H2,1-4H3,(H,23,25)(H,24,28);1H. The Hall–Kier alpha value is -0.810. The maximum atomic E-state index is 11.6. The Bertz CT molecular complexity index is 548. The van der Waals surface area contributed by atoms with Gasteiger partial charge < -0.3 is 30.1 Å². The molecule has 0 aromatic carbocycles. The molecule has 0 spiro atoms. The molecule has 2 atom stereocenters. The van der Waals surface area contributed by atoms with Gasteiger partial charge in [-0.05, 0) is 59.8 Å². The Kier molecular flexibility index (Phi) is 13.1. The van der Waals surface area contributed by atoms with Crippen molar-refractivity contribution in [3.8, 4) is 0 Å². The fourth-order valence-corrected chi connectivity index (χ4v) is 3.92. The SMILES string of the molecule is CCNC(=NCC1CCCC1O)N1CCC(OCCCNC(=O)OC(C)(C)C)CC1.I. The monoisotopic (exact) mass is 554 g/mol. The molecular formula is C22H43IN4O4. The number of nitrogens with one attached hydrogen (secondary N) is 2. The van der Waals surface area contributed by atoms with E-state index in [-0.39, 0.29) is 42.3 Å². The van der Waals surface area contributed by atoms with Crippen LogP contribution in [0.4, 0.5) is 4.79 Å². The minimum atomic E-state index is -0.472. The number of hydrogen-bond acceptors (Lipinski definition) is 5. The lowest BCUT2D eigenvalue weighted by Gasteiger charge is -2.34. The lowest BCUT2D eigenvalue weighted by Crippen LogP contribution is -2.47. The number of aliphatic hydroxyl groups excluding tert-OH is 1. The highest BCUT2D eigenvalue weighted by Crippen LogP contribution is 2.25. The number of aliphatic imine (C=N–C) groups is 1. The number of piperidine rings is 1. The number of halogens is 1. The van der Waals surface area contributed by atoms with E-state index in [0.29, 0.717) is 25.6 Å². The van der Waals surface area contributed by atoms with Crippen LogP contribution in [0.3, 0.4) is 0 Å². The molecule has 3 N–H and O–H groups in total. The number of guanidine groups is 1. The smallest absolute Gasteiger partial charge is 0.407 e. The summed E-state index contributed by atoms with van der Waals surface area (Å²) in [7, 11) is 0. The predicted molar refractivity (Wildman–Crippen MR) is 134 cm³/mol. The van der Waals surface area contributed by atoms with Gasteiger partial charge in [-0.2, -0.15) is 0 Å². The van der Waals surface area contributed by atoms with E-state index >= 15 is 0 Å². The number of nitrogens with zero attached hydrogens (tertiary/aromatic N) is 2. The van der Waals surface area contributed by atoms with E-state index in [0.717, 1.165) is 64.1 Å². The molecule has 2 aliphatic rings. The number of aliphatic hydroxyl groups is 1. The van der Waals surface area contributed by atoms with Gasteiger partial charge in [0.05, 0.1) is 12.2 Å². The Morgan fingerprint density at radius 2 is 1.87 bits per heavy atom. The molecule has 0 radical (unpaired) electrons. The van der Waals surface area contributed by atoms with Gasteiger partial charge >= 0.3 is 6.09 Å². The topological polar surface area (TPSA) is 95.4 Å². The second-order valence-electron chi connectivity index (χ2n) is 9.29. The maximum Gasteiger partial charge on any atom is 0.407 e. The van der Waals surface area contributed by atoms with Gasteiger partial charge in [0, 0.05) is 45.2 Å². The third-order valence-electron chi connectivity index (χ3n) is 5.51. The third kappa shape index (κ3) is 11.1. The van der Waals surface area contributed by atoms with Gasteiger partial charge in [0.15, 0.2) is 5.96 Å². The maximum absolute atomic E-state index is 11.6. The minimum absolute atomic E-state index is 0. The molecule has 182 valence electrons. The van der Waals surface area contributed by atoms with E-state index < -0.39 is 5.60 Å². The van der Waals surface area contributed by atoms with Crippen molar-refractivity contribution < 1.29 is 19.4 Å². The first-order valence-corrected chi connectivity index (χ1v) is 11.6. The van der Waals surface area contributed by atoms with Gasteiger partial charge in [0.1, 0.15) is 5.60 Å². The van der Waals surface area contributed by atoms with Crippen LogP contribution in [-0.2, 0) is 9.47 Å². The van der Waals surface area contributed by atoms with Crippen LogP contribution in [0.5, 0.6) is 0 Å². The van der Waals surface area contributed by atoms with E-state index in [4.69, 9.17) is 14.5 Å². The van der Waals surface area contributed by atoms with Crippen LogP contribution in [0.1, 0.15) is 66.2 Å². The number of rotatable bonds is 8. The van der Waals surface area contributed by atoms with Crippen LogP contribution < -0.4 is 10.6 Å². The molecule has 9 heteroatoms. The molecule has 1 aliphatic heterocycles. The van der Waals surface area contributed by atoms with Gasteiger partial charge in [0.2, 0.25) is 0 Å². The Balaban J connectivity index is 0.00000480. The zero-order valence-corrected chi connectivity index (χ0v) is 22.0. The van der Waals surface area contributed by atoms with E-state index in [1.165, 1.54) is 0 Å². The summed E-state index contributed by atoms with van der Waals surface area (Å²) in [5.74, 6) is 1.26. The number of likely N-dealkylation sites (tertiary alicyclic amines) is 1. The number of alkyl carbamates (subject to hydrolysis) is 1. The molecule has 8 nitrogen and oxygen atoms in total. The van der Waals surface area contributed by atoms with Crippen LogP contribution in [0.2, 0.25) is 0 Å². The van der Waals surface area contributed by atoms with Gasteiger partial charge in [-0.25, -0.2) is 4.79 Å². The molecule has 2 rings (SSSR count). The molecular weight excluding hydrogens is 511 g/mol. The van der Waals surface area contributed by atoms with Crippen molar-refractivity contribution in [3.63, 3.8) is 0 Å². The number of carbonyl (C=O) groups excluding carboxylic acids is 1. The van der Waals surface area contributed by atoms with Crippen LogP contribution in [-0.4, -0.2) is 79.2 Å². The quantitative estimate of drug-likeness (QED) is 0.185. The second kappa shape index (κ2) is 14.4. The highest BCUT2D eigenvalue weighted by Gasteiger charge is 2.26. The Labute approximate surface area is 204 Å². The Morgan fingerprint density at radius 3 is 2.45 bits per heavy atom. The molecule has 1 saturated heterocycles. The highest BCUT2D eigenvalue weighted by molar-refractivity contribution is 14.0. The van der Waals surface area contributed by atoms with Crippen LogP contribution in [0.25, 0.3) is 0 Å². The molecule has 2 fully saturated rings. The Morgan fingerprint density at radius 1 is 1.16 bits per heavy atom. The number of carbonyl (C=O) groups is 1. The molecule has 1 heterocycles. The van der Waals surface area contributed by atoms with Crippen molar-refractivity contribution in [2.24, 2.45) is 10.9 Å². The fourth-order valence-electron chi connectivity index (χ4n) is 3.92. The van der Waals surface area contributed by atoms with Crippen molar-refractivity contribution in [3.05, 3.63) is 0 Å². The zero-order valence-electron chi connectivity index (χ0n) is 19.7. The highest BCUT2D eigenvalue weighted by atomic mass is 127.